The smallest absolute Gasteiger partial charge is 0.335 e. The molecule has 46 heavy (non-hydrogen) atoms. The Morgan fingerprint density at radius 3 is 1.83 bits per heavy atom. The summed E-state index contributed by atoms with van der Waals surface area (Å²) < 4.78 is 11.4. The normalized spacial score (nSPS) is 10.9. The van der Waals surface area contributed by atoms with Crippen LogP contribution >= 0.6 is 0 Å². The zero-order valence-corrected chi connectivity index (χ0v) is 27.0. The number of hydrogen-bond donors (Lipinski definition) is 1. The Morgan fingerprint density at radius 2 is 1.17 bits per heavy atom. The lowest BCUT2D eigenvalue weighted by Crippen LogP contribution is -2.07. The summed E-state index contributed by atoms with van der Waals surface area (Å²) in [5, 5.41) is 9.05. The number of aromatic nitrogens is 2. The standard InChI is InChI=1S/C39H46N2O5/c1-2-3-4-5-7-10-13-30-28-40-38(41-29-30)33-21-23-35(24-22-33)45-27-12-9-6-8-11-14-37(42)46-36-25-19-32(20-26-36)31-15-17-34(18-16-31)39(43)44/h15-26,28-29H,2-14,27H2,1H3,(H,43,44). The second-order valence-electron chi connectivity index (χ2n) is 11.7. The minimum Gasteiger partial charge on any atom is -0.494 e. The van der Waals surface area contributed by atoms with Crippen molar-refractivity contribution < 1.29 is 24.2 Å². The molecule has 0 aliphatic heterocycles. The van der Waals surface area contributed by atoms with Crippen LogP contribution in [0, 0.1) is 0 Å². The van der Waals surface area contributed by atoms with E-state index in [-0.39, 0.29) is 11.5 Å². The Hall–Kier alpha value is -4.52. The molecule has 0 radical (unpaired) electrons. The Balaban J connectivity index is 1.04. The molecule has 4 aromatic rings. The number of nitrogens with zero attached hydrogens (tertiary/aromatic N) is 2. The molecule has 0 atom stereocenters. The van der Waals surface area contributed by atoms with Gasteiger partial charge >= 0.3 is 11.9 Å². The molecule has 0 spiro atoms. The van der Waals surface area contributed by atoms with Crippen LogP contribution < -0.4 is 9.47 Å². The topological polar surface area (TPSA) is 98.6 Å². The van der Waals surface area contributed by atoms with Gasteiger partial charge in [0.25, 0.3) is 0 Å². The molecule has 0 aliphatic rings. The summed E-state index contributed by atoms with van der Waals surface area (Å²) in [5.74, 6) is 0.898. The van der Waals surface area contributed by atoms with Crippen molar-refractivity contribution in [2.45, 2.75) is 90.4 Å². The van der Waals surface area contributed by atoms with Crippen LogP contribution in [0.2, 0.25) is 0 Å². The maximum absolute atomic E-state index is 12.3. The van der Waals surface area contributed by atoms with Crippen LogP contribution in [-0.4, -0.2) is 33.6 Å². The molecule has 0 bridgehead atoms. The van der Waals surface area contributed by atoms with Crippen molar-refractivity contribution in [3.05, 3.63) is 96.3 Å². The summed E-state index contributed by atoms with van der Waals surface area (Å²) in [6.45, 7) is 2.90. The largest absolute Gasteiger partial charge is 0.494 e. The van der Waals surface area contributed by atoms with Gasteiger partial charge in [-0.15, -0.1) is 0 Å². The highest BCUT2D eigenvalue weighted by Gasteiger charge is 2.08. The molecular formula is C39H46N2O5. The lowest BCUT2D eigenvalue weighted by atomic mass is 10.0. The second kappa shape index (κ2) is 19.1. The summed E-state index contributed by atoms with van der Waals surface area (Å²) in [6.07, 6.45) is 17.9. The Kier molecular flexibility index (Phi) is 14.3. The van der Waals surface area contributed by atoms with Crippen LogP contribution in [0.1, 0.15) is 99.9 Å². The fourth-order valence-electron chi connectivity index (χ4n) is 5.24. The summed E-state index contributed by atoms with van der Waals surface area (Å²) in [6, 6.07) is 21.9. The van der Waals surface area contributed by atoms with E-state index in [1.165, 1.54) is 44.1 Å². The number of carboxylic acid groups (broad SMARTS) is 1. The van der Waals surface area contributed by atoms with Gasteiger partial charge in [-0.2, -0.15) is 0 Å². The summed E-state index contributed by atoms with van der Waals surface area (Å²) in [4.78, 5) is 32.4. The van der Waals surface area contributed by atoms with Gasteiger partial charge < -0.3 is 14.6 Å². The van der Waals surface area contributed by atoms with Gasteiger partial charge in [0.2, 0.25) is 0 Å². The maximum atomic E-state index is 12.3. The van der Waals surface area contributed by atoms with Gasteiger partial charge in [-0.05, 0) is 90.9 Å². The Bertz CT molecular complexity index is 1470. The molecule has 1 aromatic heterocycles. The second-order valence-corrected chi connectivity index (χ2v) is 11.7. The summed E-state index contributed by atoms with van der Waals surface area (Å²) >= 11 is 0. The van der Waals surface area contributed by atoms with Crippen molar-refractivity contribution in [3.8, 4) is 34.0 Å². The van der Waals surface area contributed by atoms with Crippen molar-refractivity contribution in [3.63, 3.8) is 0 Å². The van der Waals surface area contributed by atoms with Gasteiger partial charge in [-0.3, -0.25) is 4.79 Å². The molecule has 0 saturated heterocycles. The van der Waals surface area contributed by atoms with E-state index in [0.717, 1.165) is 66.8 Å². The molecule has 0 aliphatic carbocycles. The van der Waals surface area contributed by atoms with Gasteiger partial charge in [0.1, 0.15) is 11.5 Å². The van der Waals surface area contributed by atoms with Crippen LogP contribution in [0.5, 0.6) is 11.5 Å². The van der Waals surface area contributed by atoms with Crippen molar-refractivity contribution >= 4 is 11.9 Å². The van der Waals surface area contributed by atoms with Crippen LogP contribution in [0.4, 0.5) is 0 Å². The van der Waals surface area contributed by atoms with E-state index in [1.54, 1.807) is 36.4 Å². The molecule has 7 nitrogen and oxygen atoms in total. The van der Waals surface area contributed by atoms with Gasteiger partial charge in [0.05, 0.1) is 12.2 Å². The highest BCUT2D eigenvalue weighted by atomic mass is 16.5. The monoisotopic (exact) mass is 622 g/mol. The number of carbonyl (C=O) groups is 2. The first-order valence-corrected chi connectivity index (χ1v) is 16.7. The number of benzene rings is 3. The number of carbonyl (C=O) groups excluding carboxylic acids is 1. The fraction of sp³-hybridized carbons (Fsp3) is 0.385. The van der Waals surface area contributed by atoms with Crippen molar-refractivity contribution in [1.82, 2.24) is 9.97 Å². The summed E-state index contributed by atoms with van der Waals surface area (Å²) in [5.41, 5.74) is 4.25. The zero-order chi connectivity index (χ0) is 32.4. The third-order valence-corrected chi connectivity index (χ3v) is 7.98. The Morgan fingerprint density at radius 1 is 0.630 bits per heavy atom. The van der Waals surface area contributed by atoms with E-state index in [2.05, 4.69) is 16.9 Å². The molecule has 4 rings (SSSR count). The van der Waals surface area contributed by atoms with E-state index in [1.807, 2.05) is 48.8 Å². The minimum absolute atomic E-state index is 0.236. The third kappa shape index (κ3) is 11.8. The Labute approximate surface area is 273 Å². The van der Waals surface area contributed by atoms with Crippen LogP contribution in [-0.2, 0) is 11.2 Å². The molecule has 242 valence electrons. The number of carboxylic acids is 1. The van der Waals surface area contributed by atoms with E-state index < -0.39 is 5.97 Å². The number of unbranched alkanes of at least 4 members (excludes halogenated alkanes) is 9. The van der Waals surface area contributed by atoms with Crippen LogP contribution in [0.3, 0.4) is 0 Å². The molecule has 1 heterocycles. The predicted molar refractivity (Wildman–Crippen MR) is 182 cm³/mol. The molecule has 0 unspecified atom stereocenters. The highest BCUT2D eigenvalue weighted by molar-refractivity contribution is 5.88. The van der Waals surface area contributed by atoms with E-state index in [0.29, 0.717) is 18.8 Å². The average Bonchev–Trinajstić information content (AvgIpc) is 3.08. The van der Waals surface area contributed by atoms with E-state index in [9.17, 15) is 9.59 Å². The lowest BCUT2D eigenvalue weighted by Gasteiger charge is -2.08. The van der Waals surface area contributed by atoms with Crippen LogP contribution in [0.15, 0.2) is 85.2 Å². The molecular weight excluding hydrogens is 576 g/mol. The minimum atomic E-state index is -0.952. The van der Waals surface area contributed by atoms with Crippen LogP contribution in [0.25, 0.3) is 22.5 Å². The van der Waals surface area contributed by atoms with Crippen molar-refractivity contribution in [2.75, 3.05) is 6.61 Å². The lowest BCUT2D eigenvalue weighted by molar-refractivity contribution is -0.134. The zero-order valence-electron chi connectivity index (χ0n) is 27.0. The number of aromatic carboxylic acids is 1. The average molecular weight is 623 g/mol. The number of esters is 1. The van der Waals surface area contributed by atoms with E-state index >= 15 is 0 Å². The van der Waals surface area contributed by atoms with Gasteiger partial charge in [-0.25, -0.2) is 14.8 Å². The number of rotatable bonds is 20. The van der Waals surface area contributed by atoms with Crippen molar-refractivity contribution in [1.29, 1.82) is 0 Å². The SMILES string of the molecule is CCCCCCCCc1cnc(-c2ccc(OCCCCCCCC(=O)Oc3ccc(-c4ccc(C(=O)O)cc4)cc3)cc2)nc1. The number of ether oxygens (including phenoxy) is 2. The van der Waals surface area contributed by atoms with Gasteiger partial charge in [-0.1, -0.05) is 82.6 Å². The number of hydrogen-bond acceptors (Lipinski definition) is 6. The first-order valence-electron chi connectivity index (χ1n) is 16.7. The molecule has 3 aromatic carbocycles. The predicted octanol–water partition coefficient (Wildman–Crippen LogP) is 9.74. The van der Waals surface area contributed by atoms with Gasteiger partial charge in [0, 0.05) is 24.4 Å². The van der Waals surface area contributed by atoms with Gasteiger partial charge in [0.15, 0.2) is 5.82 Å². The summed E-state index contributed by atoms with van der Waals surface area (Å²) in [7, 11) is 0. The third-order valence-electron chi connectivity index (χ3n) is 7.98. The first-order chi connectivity index (χ1) is 22.5. The molecule has 0 fully saturated rings. The highest BCUT2D eigenvalue weighted by Crippen LogP contribution is 2.24. The van der Waals surface area contributed by atoms with E-state index in [4.69, 9.17) is 14.6 Å². The first kappa shape index (κ1) is 34.4. The molecule has 0 amide bonds. The van der Waals surface area contributed by atoms with Crippen molar-refractivity contribution in [2.24, 2.45) is 0 Å². The molecule has 0 saturated carbocycles. The molecule has 1 N–H and O–H groups in total. The quantitative estimate of drug-likeness (QED) is 0.0595. The molecule has 7 heteroatoms. The maximum Gasteiger partial charge on any atom is 0.335 e. The number of aryl methyl sites for hydroxylation is 1. The fourth-order valence-corrected chi connectivity index (χ4v) is 5.24.